The maximum absolute atomic E-state index is 6.27. The van der Waals surface area contributed by atoms with Gasteiger partial charge in [0.25, 0.3) is 0 Å². The van der Waals surface area contributed by atoms with Crippen LogP contribution in [0.5, 0.6) is 0 Å². The lowest BCUT2D eigenvalue weighted by Gasteiger charge is -2.03. The summed E-state index contributed by atoms with van der Waals surface area (Å²) in [6.07, 6.45) is 0.965. The summed E-state index contributed by atoms with van der Waals surface area (Å²) >= 11 is 6.27. The molecule has 0 aliphatic rings. The van der Waals surface area contributed by atoms with Crippen LogP contribution in [-0.2, 0) is 11.3 Å². The molecule has 1 atom stereocenters. The van der Waals surface area contributed by atoms with Gasteiger partial charge in [-0.2, -0.15) is 4.98 Å². The molecule has 0 radical (unpaired) electrons. The molecule has 0 fully saturated rings. The molecule has 2 rings (SSSR count). The first-order valence-electron chi connectivity index (χ1n) is 5.90. The van der Waals surface area contributed by atoms with Gasteiger partial charge >= 0.3 is 0 Å². The minimum atomic E-state index is -0.418. The Morgan fingerprint density at radius 3 is 2.83 bits per heavy atom. The second-order valence-electron chi connectivity index (χ2n) is 3.87. The third kappa shape index (κ3) is 3.31. The lowest BCUT2D eigenvalue weighted by Crippen LogP contribution is -1.97. The van der Waals surface area contributed by atoms with E-state index in [1.165, 1.54) is 0 Å². The van der Waals surface area contributed by atoms with E-state index in [-0.39, 0.29) is 0 Å². The molecule has 1 unspecified atom stereocenters. The summed E-state index contributed by atoms with van der Waals surface area (Å²) in [6.45, 7) is 3.09. The summed E-state index contributed by atoms with van der Waals surface area (Å²) in [6, 6.07) is 9.63. The first-order chi connectivity index (χ1) is 8.81. The van der Waals surface area contributed by atoms with Gasteiger partial charge in [-0.25, -0.2) is 0 Å². The molecule has 0 saturated heterocycles. The van der Waals surface area contributed by atoms with Gasteiger partial charge in [0.2, 0.25) is 5.89 Å². The fraction of sp³-hybridized carbons (Fsp3) is 0.385. The zero-order chi connectivity index (χ0) is 12.8. The van der Waals surface area contributed by atoms with E-state index in [0.29, 0.717) is 24.9 Å². The largest absolute Gasteiger partial charge is 0.373 e. The zero-order valence-electron chi connectivity index (χ0n) is 10.2. The lowest BCUT2D eigenvalue weighted by molar-refractivity contribution is 0.114. The van der Waals surface area contributed by atoms with Crippen molar-refractivity contribution < 1.29 is 9.26 Å². The van der Waals surface area contributed by atoms with E-state index in [1.54, 1.807) is 0 Å². The van der Waals surface area contributed by atoms with Crippen molar-refractivity contribution in [3.63, 3.8) is 0 Å². The standard InChI is InChI=1S/C13H15ClN2O2/c1-2-8-17-9-11-15-13(18-16-11)12(14)10-6-4-3-5-7-10/h3-7,12H,2,8-9H2,1H3. The molecule has 0 bridgehead atoms. The van der Waals surface area contributed by atoms with Crippen LogP contribution in [0.25, 0.3) is 0 Å². The smallest absolute Gasteiger partial charge is 0.249 e. The summed E-state index contributed by atoms with van der Waals surface area (Å²) in [5.41, 5.74) is 0.934. The Hall–Kier alpha value is -1.39. The highest BCUT2D eigenvalue weighted by Gasteiger charge is 2.18. The van der Waals surface area contributed by atoms with Crippen LogP contribution < -0.4 is 0 Å². The molecule has 96 valence electrons. The van der Waals surface area contributed by atoms with Gasteiger partial charge in [0.1, 0.15) is 12.0 Å². The van der Waals surface area contributed by atoms with E-state index >= 15 is 0 Å². The first kappa shape index (κ1) is 13.1. The molecule has 0 N–H and O–H groups in total. The van der Waals surface area contributed by atoms with Crippen LogP contribution in [0.1, 0.15) is 36.0 Å². The monoisotopic (exact) mass is 266 g/mol. The average molecular weight is 267 g/mol. The maximum Gasteiger partial charge on any atom is 0.249 e. The van der Waals surface area contributed by atoms with Crippen molar-refractivity contribution in [1.82, 2.24) is 10.1 Å². The van der Waals surface area contributed by atoms with Gasteiger partial charge in [0, 0.05) is 6.61 Å². The van der Waals surface area contributed by atoms with Gasteiger partial charge < -0.3 is 9.26 Å². The highest BCUT2D eigenvalue weighted by atomic mass is 35.5. The second kappa shape index (κ2) is 6.52. The summed E-state index contributed by atoms with van der Waals surface area (Å²) in [7, 11) is 0. The number of halogens is 1. The lowest BCUT2D eigenvalue weighted by atomic mass is 10.1. The number of aromatic nitrogens is 2. The van der Waals surface area contributed by atoms with Crippen LogP contribution >= 0.6 is 11.6 Å². The summed E-state index contributed by atoms with van der Waals surface area (Å²) in [4.78, 5) is 4.22. The molecule has 1 aromatic carbocycles. The summed E-state index contributed by atoms with van der Waals surface area (Å²) in [5, 5.41) is 3.42. The van der Waals surface area contributed by atoms with Crippen molar-refractivity contribution in [2.75, 3.05) is 6.61 Å². The molecular formula is C13H15ClN2O2. The predicted octanol–water partition coefficient (Wildman–Crippen LogP) is 3.32. The second-order valence-corrected chi connectivity index (χ2v) is 4.31. The average Bonchev–Trinajstić information content (AvgIpc) is 2.88. The SMILES string of the molecule is CCCOCc1noc(C(Cl)c2ccccc2)n1. The fourth-order valence-electron chi connectivity index (χ4n) is 1.50. The Morgan fingerprint density at radius 2 is 2.11 bits per heavy atom. The molecule has 1 aromatic heterocycles. The molecular weight excluding hydrogens is 252 g/mol. The van der Waals surface area contributed by atoms with E-state index in [2.05, 4.69) is 10.1 Å². The molecule has 18 heavy (non-hydrogen) atoms. The Kier molecular flexibility index (Phi) is 4.73. The van der Waals surface area contributed by atoms with Crippen molar-refractivity contribution in [3.8, 4) is 0 Å². The number of alkyl halides is 1. The Labute approximate surface area is 111 Å². The van der Waals surface area contributed by atoms with Crippen molar-refractivity contribution >= 4 is 11.6 Å². The number of rotatable bonds is 6. The minimum Gasteiger partial charge on any atom is -0.373 e. The van der Waals surface area contributed by atoms with Gasteiger partial charge in [0.15, 0.2) is 5.82 Å². The fourth-order valence-corrected chi connectivity index (χ4v) is 1.74. The highest BCUT2D eigenvalue weighted by Crippen LogP contribution is 2.26. The van der Waals surface area contributed by atoms with E-state index in [9.17, 15) is 0 Å². The number of hydrogen-bond acceptors (Lipinski definition) is 4. The molecule has 2 aromatic rings. The van der Waals surface area contributed by atoms with Gasteiger partial charge in [-0.1, -0.05) is 42.4 Å². The minimum absolute atomic E-state index is 0.357. The quantitative estimate of drug-likeness (QED) is 0.594. The molecule has 1 heterocycles. The van der Waals surface area contributed by atoms with E-state index < -0.39 is 5.38 Å². The van der Waals surface area contributed by atoms with E-state index in [0.717, 1.165) is 12.0 Å². The van der Waals surface area contributed by atoms with Crippen LogP contribution in [0.15, 0.2) is 34.9 Å². The number of hydrogen-bond donors (Lipinski definition) is 0. The van der Waals surface area contributed by atoms with Crippen molar-refractivity contribution in [2.24, 2.45) is 0 Å². The van der Waals surface area contributed by atoms with E-state index in [1.807, 2.05) is 37.3 Å². The molecule has 0 saturated carbocycles. The number of ether oxygens (including phenoxy) is 1. The van der Waals surface area contributed by atoms with Crippen LogP contribution in [0.4, 0.5) is 0 Å². The number of nitrogens with zero attached hydrogens (tertiary/aromatic N) is 2. The molecule has 4 nitrogen and oxygen atoms in total. The highest BCUT2D eigenvalue weighted by molar-refractivity contribution is 6.22. The van der Waals surface area contributed by atoms with Crippen LogP contribution in [0, 0.1) is 0 Å². The van der Waals surface area contributed by atoms with Crippen molar-refractivity contribution in [2.45, 2.75) is 25.3 Å². The maximum atomic E-state index is 6.27. The van der Waals surface area contributed by atoms with Gasteiger partial charge in [-0.15, -0.1) is 11.6 Å². The predicted molar refractivity (Wildman–Crippen MR) is 68.4 cm³/mol. The Balaban J connectivity index is 2.01. The van der Waals surface area contributed by atoms with E-state index in [4.69, 9.17) is 20.9 Å². The molecule has 0 spiro atoms. The summed E-state index contributed by atoms with van der Waals surface area (Å²) in [5.74, 6) is 0.929. The zero-order valence-corrected chi connectivity index (χ0v) is 10.9. The van der Waals surface area contributed by atoms with Crippen LogP contribution in [0.3, 0.4) is 0 Å². The molecule has 5 heteroatoms. The molecule has 0 amide bonds. The van der Waals surface area contributed by atoms with Crippen LogP contribution in [0.2, 0.25) is 0 Å². The van der Waals surface area contributed by atoms with Gasteiger partial charge in [-0.05, 0) is 12.0 Å². The molecule has 0 aliphatic carbocycles. The van der Waals surface area contributed by atoms with Crippen LogP contribution in [-0.4, -0.2) is 16.7 Å². The Bertz CT molecular complexity index is 473. The number of benzene rings is 1. The first-order valence-corrected chi connectivity index (χ1v) is 6.34. The van der Waals surface area contributed by atoms with Crippen molar-refractivity contribution in [1.29, 1.82) is 0 Å². The third-order valence-corrected chi connectivity index (χ3v) is 2.81. The van der Waals surface area contributed by atoms with Crippen molar-refractivity contribution in [3.05, 3.63) is 47.6 Å². The topological polar surface area (TPSA) is 48.2 Å². The third-order valence-electron chi connectivity index (χ3n) is 2.37. The van der Waals surface area contributed by atoms with Gasteiger partial charge in [-0.3, -0.25) is 0 Å². The molecule has 0 aliphatic heterocycles. The van der Waals surface area contributed by atoms with Gasteiger partial charge in [0.05, 0.1) is 0 Å². The Morgan fingerprint density at radius 1 is 1.33 bits per heavy atom. The summed E-state index contributed by atoms with van der Waals surface area (Å²) < 4.78 is 10.5. The normalized spacial score (nSPS) is 12.6.